The van der Waals surface area contributed by atoms with Crippen LogP contribution in [0.25, 0.3) is 10.9 Å². The molecule has 0 radical (unpaired) electrons. The first-order valence-electron chi connectivity index (χ1n) is 10.3. The molecule has 0 atom stereocenters. The number of fused-ring (bicyclic) bond motifs is 1. The van der Waals surface area contributed by atoms with Crippen LogP contribution < -0.4 is 5.32 Å². The van der Waals surface area contributed by atoms with Gasteiger partial charge < -0.3 is 15.3 Å². The molecular formula is C24H27N3O2. The topological polar surface area (TPSA) is 65.5 Å². The lowest BCUT2D eigenvalue weighted by atomic mass is 9.90. The first kappa shape index (κ1) is 19.4. The number of carbonyl (C=O) groups is 1. The number of amides is 1. The first-order valence-corrected chi connectivity index (χ1v) is 10.3. The molecule has 3 aromatic rings. The van der Waals surface area contributed by atoms with Crippen LogP contribution in [0.2, 0.25) is 0 Å². The van der Waals surface area contributed by atoms with E-state index in [0.29, 0.717) is 17.3 Å². The molecule has 2 aromatic carbocycles. The molecule has 0 aliphatic carbocycles. The molecule has 0 saturated carbocycles. The molecule has 1 aliphatic rings. The van der Waals surface area contributed by atoms with Gasteiger partial charge in [0.05, 0.1) is 18.7 Å². The Kier molecular flexibility index (Phi) is 6.06. The normalized spacial score (nSPS) is 14.9. The number of nitrogens with zero attached hydrogens (tertiary/aromatic N) is 2. The van der Waals surface area contributed by atoms with Gasteiger partial charge in [-0.15, -0.1) is 0 Å². The molecule has 0 bridgehead atoms. The highest BCUT2D eigenvalue weighted by Crippen LogP contribution is 2.23. The Bertz CT molecular complexity index is 966. The van der Waals surface area contributed by atoms with Gasteiger partial charge in [0.15, 0.2) is 0 Å². The minimum Gasteiger partial charge on any atom is -0.392 e. The van der Waals surface area contributed by atoms with Crippen molar-refractivity contribution in [3.8, 4) is 0 Å². The zero-order chi connectivity index (χ0) is 20.1. The third-order valence-electron chi connectivity index (χ3n) is 5.71. The Labute approximate surface area is 171 Å². The van der Waals surface area contributed by atoms with Crippen LogP contribution in [0.15, 0.2) is 60.7 Å². The van der Waals surface area contributed by atoms with Crippen molar-refractivity contribution in [2.24, 2.45) is 5.92 Å². The predicted molar refractivity (Wildman–Crippen MR) is 116 cm³/mol. The zero-order valence-electron chi connectivity index (χ0n) is 16.6. The number of anilines is 1. The fourth-order valence-electron chi connectivity index (χ4n) is 4.04. The maximum Gasteiger partial charge on any atom is 0.241 e. The number of rotatable bonds is 6. The van der Waals surface area contributed by atoms with E-state index >= 15 is 0 Å². The Morgan fingerprint density at radius 1 is 1.07 bits per heavy atom. The van der Waals surface area contributed by atoms with Gasteiger partial charge in [-0.2, -0.15) is 0 Å². The van der Waals surface area contributed by atoms with E-state index in [1.165, 1.54) is 5.56 Å². The summed E-state index contributed by atoms with van der Waals surface area (Å²) in [5.41, 5.74) is 2.93. The van der Waals surface area contributed by atoms with Crippen molar-refractivity contribution in [3.05, 3.63) is 71.8 Å². The van der Waals surface area contributed by atoms with Gasteiger partial charge in [-0.05, 0) is 42.9 Å². The van der Waals surface area contributed by atoms with Crippen molar-refractivity contribution in [3.63, 3.8) is 0 Å². The highest BCUT2D eigenvalue weighted by Gasteiger charge is 2.23. The Morgan fingerprint density at radius 3 is 2.55 bits per heavy atom. The molecule has 5 heteroatoms. The van der Waals surface area contributed by atoms with Gasteiger partial charge in [0.25, 0.3) is 0 Å². The molecule has 4 rings (SSSR count). The van der Waals surface area contributed by atoms with E-state index in [4.69, 9.17) is 0 Å². The van der Waals surface area contributed by atoms with Gasteiger partial charge in [-0.3, -0.25) is 4.79 Å². The molecule has 1 fully saturated rings. The number of benzene rings is 2. The molecule has 1 saturated heterocycles. The average Bonchev–Trinajstić information content (AvgIpc) is 2.78. The van der Waals surface area contributed by atoms with Crippen LogP contribution in [-0.4, -0.2) is 40.5 Å². The standard InChI is InChI=1S/C24H27N3O2/c28-17-21-15-20-8-4-5-9-22(20)26-24(21)25-16-23(29)27-12-10-19(11-13-27)14-18-6-2-1-3-7-18/h1-9,15,19,28H,10-14,16-17H2,(H,25,26). The van der Waals surface area contributed by atoms with Crippen molar-refractivity contribution >= 4 is 22.6 Å². The number of aromatic nitrogens is 1. The molecule has 29 heavy (non-hydrogen) atoms. The number of para-hydroxylation sites is 1. The summed E-state index contributed by atoms with van der Waals surface area (Å²) in [7, 11) is 0. The van der Waals surface area contributed by atoms with Crippen molar-refractivity contribution in [2.75, 3.05) is 25.0 Å². The number of aliphatic hydroxyl groups excluding tert-OH is 1. The SMILES string of the molecule is O=C(CNc1nc2ccccc2cc1CO)N1CCC(Cc2ccccc2)CC1. The molecule has 0 spiro atoms. The van der Waals surface area contributed by atoms with Crippen LogP contribution in [0.4, 0.5) is 5.82 Å². The number of nitrogens with one attached hydrogen (secondary N) is 1. The predicted octanol–water partition coefficient (Wildman–Crippen LogP) is 3.62. The van der Waals surface area contributed by atoms with E-state index in [1.807, 2.05) is 41.3 Å². The van der Waals surface area contributed by atoms with E-state index < -0.39 is 0 Å². The number of likely N-dealkylation sites (tertiary alicyclic amines) is 1. The maximum absolute atomic E-state index is 12.7. The van der Waals surface area contributed by atoms with E-state index in [0.717, 1.165) is 43.3 Å². The van der Waals surface area contributed by atoms with Crippen molar-refractivity contribution in [2.45, 2.75) is 25.9 Å². The molecule has 150 valence electrons. The summed E-state index contributed by atoms with van der Waals surface area (Å²) in [4.78, 5) is 19.2. The fourth-order valence-corrected chi connectivity index (χ4v) is 4.04. The van der Waals surface area contributed by atoms with Crippen molar-refractivity contribution in [1.29, 1.82) is 0 Å². The van der Waals surface area contributed by atoms with Crippen LogP contribution in [-0.2, 0) is 17.8 Å². The molecule has 1 amide bonds. The van der Waals surface area contributed by atoms with Gasteiger partial charge in [-0.1, -0.05) is 48.5 Å². The monoisotopic (exact) mass is 389 g/mol. The van der Waals surface area contributed by atoms with E-state index in [1.54, 1.807) is 0 Å². The summed E-state index contributed by atoms with van der Waals surface area (Å²) in [5, 5.41) is 13.8. The van der Waals surface area contributed by atoms with E-state index in [9.17, 15) is 9.90 Å². The van der Waals surface area contributed by atoms with Crippen LogP contribution >= 0.6 is 0 Å². The lowest BCUT2D eigenvalue weighted by Crippen LogP contribution is -2.41. The molecule has 2 N–H and O–H groups in total. The van der Waals surface area contributed by atoms with Crippen LogP contribution in [0.5, 0.6) is 0 Å². The second kappa shape index (κ2) is 9.05. The van der Waals surface area contributed by atoms with Crippen LogP contribution in [0, 0.1) is 5.92 Å². The number of carbonyl (C=O) groups excluding carboxylic acids is 1. The first-order chi connectivity index (χ1) is 14.2. The van der Waals surface area contributed by atoms with Crippen molar-refractivity contribution in [1.82, 2.24) is 9.88 Å². The molecule has 5 nitrogen and oxygen atoms in total. The molecule has 1 aromatic heterocycles. The average molecular weight is 389 g/mol. The summed E-state index contributed by atoms with van der Waals surface area (Å²) < 4.78 is 0. The third kappa shape index (κ3) is 4.74. The Morgan fingerprint density at radius 2 is 1.79 bits per heavy atom. The number of hydrogen-bond donors (Lipinski definition) is 2. The third-order valence-corrected chi connectivity index (χ3v) is 5.71. The number of piperidine rings is 1. The Hall–Kier alpha value is -2.92. The fraction of sp³-hybridized carbons (Fsp3) is 0.333. The number of aliphatic hydroxyl groups is 1. The molecule has 0 unspecified atom stereocenters. The van der Waals surface area contributed by atoms with Crippen LogP contribution in [0.3, 0.4) is 0 Å². The lowest BCUT2D eigenvalue weighted by molar-refractivity contribution is -0.130. The quantitative estimate of drug-likeness (QED) is 0.676. The summed E-state index contributed by atoms with van der Waals surface area (Å²) in [5.74, 6) is 1.30. The summed E-state index contributed by atoms with van der Waals surface area (Å²) in [6.07, 6.45) is 3.16. The van der Waals surface area contributed by atoms with Gasteiger partial charge in [0, 0.05) is 24.0 Å². The second-order valence-electron chi connectivity index (χ2n) is 7.71. The highest BCUT2D eigenvalue weighted by molar-refractivity contribution is 5.84. The lowest BCUT2D eigenvalue weighted by Gasteiger charge is -2.32. The van der Waals surface area contributed by atoms with Gasteiger partial charge >= 0.3 is 0 Å². The molecule has 2 heterocycles. The Balaban J connectivity index is 1.32. The highest BCUT2D eigenvalue weighted by atomic mass is 16.3. The van der Waals surface area contributed by atoms with Gasteiger partial charge in [0.1, 0.15) is 5.82 Å². The maximum atomic E-state index is 12.7. The molecule has 1 aliphatic heterocycles. The minimum absolute atomic E-state index is 0.0852. The largest absolute Gasteiger partial charge is 0.392 e. The smallest absolute Gasteiger partial charge is 0.241 e. The van der Waals surface area contributed by atoms with Crippen molar-refractivity contribution < 1.29 is 9.90 Å². The van der Waals surface area contributed by atoms with E-state index in [-0.39, 0.29) is 19.1 Å². The number of pyridine rings is 1. The summed E-state index contributed by atoms with van der Waals surface area (Å²) in [6, 6.07) is 20.3. The second-order valence-corrected chi connectivity index (χ2v) is 7.71. The minimum atomic E-state index is -0.112. The van der Waals surface area contributed by atoms with Crippen LogP contribution in [0.1, 0.15) is 24.0 Å². The summed E-state index contributed by atoms with van der Waals surface area (Å²) in [6.45, 7) is 1.69. The van der Waals surface area contributed by atoms with Gasteiger partial charge in [-0.25, -0.2) is 4.98 Å². The summed E-state index contributed by atoms with van der Waals surface area (Å²) >= 11 is 0. The van der Waals surface area contributed by atoms with E-state index in [2.05, 4.69) is 34.6 Å². The zero-order valence-corrected chi connectivity index (χ0v) is 16.6. The molecular weight excluding hydrogens is 362 g/mol. The number of hydrogen-bond acceptors (Lipinski definition) is 4. The van der Waals surface area contributed by atoms with Gasteiger partial charge in [0.2, 0.25) is 5.91 Å².